The lowest BCUT2D eigenvalue weighted by atomic mass is 10.3. The molecule has 3 rings (SSSR count). The molecule has 6 nitrogen and oxygen atoms in total. The van der Waals surface area contributed by atoms with Crippen LogP contribution in [0.25, 0.3) is 0 Å². The number of nitrogens with zero attached hydrogens (tertiary/aromatic N) is 4. The highest BCUT2D eigenvalue weighted by molar-refractivity contribution is 5.59. The van der Waals surface area contributed by atoms with E-state index >= 15 is 0 Å². The van der Waals surface area contributed by atoms with Crippen LogP contribution in [-0.4, -0.2) is 48.2 Å². The Bertz CT molecular complexity index is 657. The third-order valence-corrected chi connectivity index (χ3v) is 4.25. The third-order valence-electron chi connectivity index (χ3n) is 4.25. The summed E-state index contributed by atoms with van der Waals surface area (Å²) in [5, 5.41) is 0. The van der Waals surface area contributed by atoms with Gasteiger partial charge < -0.3 is 20.3 Å². The van der Waals surface area contributed by atoms with Crippen molar-refractivity contribution in [2.75, 3.05) is 43.9 Å². The first kappa shape index (κ1) is 16.7. The normalized spacial score (nSPS) is 14.9. The zero-order chi connectivity index (χ0) is 16.8. The van der Waals surface area contributed by atoms with Crippen LogP contribution in [0.15, 0.2) is 36.5 Å². The Labute approximate surface area is 143 Å². The monoisotopic (exact) mass is 327 g/mol. The van der Waals surface area contributed by atoms with Crippen LogP contribution in [-0.2, 0) is 11.3 Å². The fraction of sp³-hybridized carbons (Fsp3) is 0.444. The fourth-order valence-corrected chi connectivity index (χ4v) is 2.85. The first-order valence-corrected chi connectivity index (χ1v) is 8.44. The van der Waals surface area contributed by atoms with Crippen LogP contribution in [0.2, 0.25) is 0 Å². The molecule has 2 N–H and O–H groups in total. The molecule has 0 bridgehead atoms. The molecule has 1 aliphatic rings. The van der Waals surface area contributed by atoms with Gasteiger partial charge in [0.15, 0.2) is 0 Å². The second-order valence-corrected chi connectivity index (χ2v) is 6.09. The maximum absolute atomic E-state index is 5.83. The van der Waals surface area contributed by atoms with E-state index in [1.54, 1.807) is 12.3 Å². The van der Waals surface area contributed by atoms with Crippen molar-refractivity contribution in [3.05, 3.63) is 42.2 Å². The number of ether oxygens (including phenoxy) is 1. The molecule has 0 aromatic carbocycles. The molecule has 1 saturated heterocycles. The van der Waals surface area contributed by atoms with Crippen LogP contribution in [0, 0.1) is 0 Å². The molecule has 1 fully saturated rings. The average molecular weight is 327 g/mol. The highest BCUT2D eigenvalue weighted by atomic mass is 16.5. The first-order chi connectivity index (χ1) is 11.7. The molecule has 2 aromatic rings. The summed E-state index contributed by atoms with van der Waals surface area (Å²) in [6.07, 6.45) is 4.33. The van der Waals surface area contributed by atoms with Crippen molar-refractivity contribution < 1.29 is 4.74 Å². The van der Waals surface area contributed by atoms with Crippen LogP contribution >= 0.6 is 0 Å². The van der Waals surface area contributed by atoms with Gasteiger partial charge in [0.2, 0.25) is 0 Å². The van der Waals surface area contributed by atoms with Gasteiger partial charge in [0.25, 0.3) is 0 Å². The molecule has 128 valence electrons. The minimum atomic E-state index is 0.528. The summed E-state index contributed by atoms with van der Waals surface area (Å²) in [7, 11) is 1.93. The van der Waals surface area contributed by atoms with Gasteiger partial charge in [-0.2, -0.15) is 0 Å². The maximum atomic E-state index is 5.83. The molecular formula is C18H25N5O. The van der Waals surface area contributed by atoms with Crippen molar-refractivity contribution in [2.24, 2.45) is 0 Å². The van der Waals surface area contributed by atoms with Crippen LogP contribution in [0.3, 0.4) is 0 Å². The molecule has 6 heteroatoms. The molecule has 0 saturated carbocycles. The molecule has 0 aliphatic carbocycles. The van der Waals surface area contributed by atoms with Crippen molar-refractivity contribution in [3.63, 3.8) is 0 Å². The first-order valence-electron chi connectivity index (χ1n) is 8.44. The predicted molar refractivity (Wildman–Crippen MR) is 96.3 cm³/mol. The smallest absolute Gasteiger partial charge is 0.135 e. The van der Waals surface area contributed by atoms with Gasteiger partial charge in [-0.25, -0.2) is 9.97 Å². The van der Waals surface area contributed by atoms with E-state index in [1.165, 1.54) is 25.9 Å². The SMILES string of the molecule is CN(c1cc(N)ccn1)c1cccc(COCCN2CCCC2)n1. The zero-order valence-electron chi connectivity index (χ0n) is 14.2. The van der Waals surface area contributed by atoms with Crippen molar-refractivity contribution in [2.45, 2.75) is 19.4 Å². The van der Waals surface area contributed by atoms with E-state index in [4.69, 9.17) is 10.5 Å². The molecule has 0 radical (unpaired) electrons. The van der Waals surface area contributed by atoms with Gasteiger partial charge in [-0.1, -0.05) is 6.07 Å². The number of aromatic nitrogens is 2. The Morgan fingerprint density at radius 1 is 1.21 bits per heavy atom. The Balaban J connectivity index is 1.55. The summed E-state index contributed by atoms with van der Waals surface area (Å²) in [6.45, 7) is 4.69. The molecule has 0 amide bonds. The third kappa shape index (κ3) is 4.43. The van der Waals surface area contributed by atoms with E-state index in [0.717, 1.165) is 30.5 Å². The lowest BCUT2D eigenvalue weighted by molar-refractivity contribution is 0.0972. The van der Waals surface area contributed by atoms with Gasteiger partial charge >= 0.3 is 0 Å². The van der Waals surface area contributed by atoms with Gasteiger partial charge in [-0.05, 0) is 44.1 Å². The number of anilines is 3. The molecular weight excluding hydrogens is 302 g/mol. The fourth-order valence-electron chi connectivity index (χ4n) is 2.85. The molecule has 0 unspecified atom stereocenters. The van der Waals surface area contributed by atoms with Crippen LogP contribution in [0.5, 0.6) is 0 Å². The Hall–Kier alpha value is -2.18. The molecule has 3 heterocycles. The summed E-state index contributed by atoms with van der Waals surface area (Å²) in [5.74, 6) is 1.60. The van der Waals surface area contributed by atoms with Gasteiger partial charge in [-0.3, -0.25) is 0 Å². The number of rotatable bonds is 7. The lowest BCUT2D eigenvalue weighted by Gasteiger charge is -2.18. The summed E-state index contributed by atoms with van der Waals surface area (Å²) in [5.41, 5.74) is 7.44. The van der Waals surface area contributed by atoms with Crippen LogP contribution in [0.4, 0.5) is 17.3 Å². The summed E-state index contributed by atoms with van der Waals surface area (Å²) in [4.78, 5) is 13.4. The Morgan fingerprint density at radius 3 is 2.83 bits per heavy atom. The largest absolute Gasteiger partial charge is 0.399 e. The van der Waals surface area contributed by atoms with E-state index in [9.17, 15) is 0 Å². The van der Waals surface area contributed by atoms with E-state index in [-0.39, 0.29) is 0 Å². The molecule has 0 atom stereocenters. The van der Waals surface area contributed by atoms with E-state index in [1.807, 2.05) is 36.2 Å². The summed E-state index contributed by atoms with van der Waals surface area (Å²) >= 11 is 0. The molecule has 0 spiro atoms. The highest BCUT2D eigenvalue weighted by Gasteiger charge is 2.11. The summed E-state index contributed by atoms with van der Waals surface area (Å²) in [6, 6.07) is 9.54. The van der Waals surface area contributed by atoms with E-state index in [2.05, 4.69) is 14.9 Å². The number of hydrogen-bond donors (Lipinski definition) is 1. The molecule has 2 aromatic heterocycles. The number of hydrogen-bond acceptors (Lipinski definition) is 6. The van der Waals surface area contributed by atoms with Gasteiger partial charge in [-0.15, -0.1) is 0 Å². The molecule has 1 aliphatic heterocycles. The van der Waals surface area contributed by atoms with E-state index in [0.29, 0.717) is 12.3 Å². The van der Waals surface area contributed by atoms with Gasteiger partial charge in [0.1, 0.15) is 11.6 Å². The van der Waals surface area contributed by atoms with E-state index < -0.39 is 0 Å². The predicted octanol–water partition coefficient (Wildman–Crippen LogP) is 2.44. The van der Waals surface area contributed by atoms with Crippen LogP contribution < -0.4 is 10.6 Å². The topological polar surface area (TPSA) is 67.5 Å². The van der Waals surface area contributed by atoms with Crippen molar-refractivity contribution in [1.82, 2.24) is 14.9 Å². The summed E-state index contributed by atoms with van der Waals surface area (Å²) < 4.78 is 5.78. The number of pyridine rings is 2. The minimum absolute atomic E-state index is 0.528. The van der Waals surface area contributed by atoms with Crippen molar-refractivity contribution >= 4 is 17.3 Å². The minimum Gasteiger partial charge on any atom is -0.399 e. The molecule has 24 heavy (non-hydrogen) atoms. The van der Waals surface area contributed by atoms with Gasteiger partial charge in [0, 0.05) is 31.5 Å². The second-order valence-electron chi connectivity index (χ2n) is 6.09. The second kappa shape index (κ2) is 8.08. The van der Waals surface area contributed by atoms with Crippen molar-refractivity contribution in [3.8, 4) is 0 Å². The Kier molecular flexibility index (Phi) is 5.61. The Morgan fingerprint density at radius 2 is 2.04 bits per heavy atom. The highest BCUT2D eigenvalue weighted by Crippen LogP contribution is 2.21. The maximum Gasteiger partial charge on any atom is 0.135 e. The standard InChI is InChI=1S/C18H25N5O/c1-22(18-13-15(19)7-8-20-18)17-6-4-5-16(21-17)14-24-12-11-23-9-2-3-10-23/h4-8,13H,2-3,9-12,14H2,1H3,(H2,19,20). The zero-order valence-corrected chi connectivity index (χ0v) is 14.2. The van der Waals surface area contributed by atoms with Gasteiger partial charge in [0.05, 0.1) is 18.9 Å². The average Bonchev–Trinajstić information content (AvgIpc) is 3.12. The quantitative estimate of drug-likeness (QED) is 0.788. The number of likely N-dealkylation sites (tertiary alicyclic amines) is 1. The number of nitrogens with two attached hydrogens (primary N) is 1. The van der Waals surface area contributed by atoms with Crippen LogP contribution in [0.1, 0.15) is 18.5 Å². The lowest BCUT2D eigenvalue weighted by Crippen LogP contribution is -2.24. The number of nitrogen functional groups attached to an aromatic ring is 1. The van der Waals surface area contributed by atoms with Crippen molar-refractivity contribution in [1.29, 1.82) is 0 Å².